The molecule has 1 fully saturated rings. The van der Waals surface area contributed by atoms with Crippen LogP contribution in [0.25, 0.3) is 6.08 Å². The van der Waals surface area contributed by atoms with Crippen LogP contribution >= 0.6 is 0 Å². The lowest BCUT2D eigenvalue weighted by Crippen LogP contribution is -2.47. The fourth-order valence-electron chi connectivity index (χ4n) is 3.08. The van der Waals surface area contributed by atoms with Gasteiger partial charge in [-0.1, -0.05) is 30.3 Å². The van der Waals surface area contributed by atoms with Crippen molar-refractivity contribution in [3.63, 3.8) is 0 Å². The van der Waals surface area contributed by atoms with Crippen molar-refractivity contribution in [3.8, 4) is 0 Å². The van der Waals surface area contributed by atoms with Gasteiger partial charge in [-0.2, -0.15) is 4.31 Å². The quantitative estimate of drug-likeness (QED) is 0.554. The van der Waals surface area contributed by atoms with E-state index in [2.05, 4.69) is 9.47 Å². The van der Waals surface area contributed by atoms with Crippen LogP contribution in [0.4, 0.5) is 0 Å². The molecular weight excluding hydrogens is 412 g/mol. The maximum atomic E-state index is 12.8. The topological polar surface area (TPSA) is 110 Å². The second-order valence-electron chi connectivity index (χ2n) is 6.78. The summed E-state index contributed by atoms with van der Waals surface area (Å²) in [5.74, 6) is -2.21. The van der Waals surface area contributed by atoms with Crippen molar-refractivity contribution in [1.29, 1.82) is 0 Å². The number of hydrogen-bond acceptors (Lipinski definition) is 7. The Morgan fingerprint density at radius 3 is 2.07 bits per heavy atom. The lowest BCUT2D eigenvalue weighted by Gasteiger charge is -2.32. The molecule has 0 bridgehead atoms. The van der Waals surface area contributed by atoms with Gasteiger partial charge in [-0.15, -0.1) is 0 Å². The largest absolute Gasteiger partial charge is 0.468 e. The molecule has 9 nitrogen and oxygen atoms in total. The van der Waals surface area contributed by atoms with E-state index >= 15 is 0 Å². The summed E-state index contributed by atoms with van der Waals surface area (Å²) in [5.41, 5.74) is 0.771. The van der Waals surface area contributed by atoms with Crippen LogP contribution in [-0.4, -0.2) is 75.9 Å². The number of carbonyl (C=O) groups excluding carboxylic acids is 3. The highest BCUT2D eigenvalue weighted by Gasteiger charge is 2.33. The van der Waals surface area contributed by atoms with Crippen LogP contribution in [0.5, 0.6) is 0 Å². The fraction of sp³-hybridized carbons (Fsp3) is 0.450. The molecule has 1 aliphatic rings. The van der Waals surface area contributed by atoms with E-state index in [1.54, 1.807) is 12.1 Å². The van der Waals surface area contributed by atoms with Gasteiger partial charge in [-0.25, -0.2) is 8.42 Å². The van der Waals surface area contributed by atoms with E-state index in [0.29, 0.717) is 0 Å². The smallest absolute Gasteiger partial charge is 0.325 e. The fourth-order valence-corrected chi connectivity index (χ4v) is 4.30. The van der Waals surface area contributed by atoms with E-state index in [1.807, 2.05) is 18.2 Å². The zero-order valence-electron chi connectivity index (χ0n) is 17.0. The molecule has 1 saturated heterocycles. The SMILES string of the molecule is COC(=O)CN(CC(=O)OC)C(=O)C1CCN(S(=O)(=O)/C=C/c2ccccc2)CC1. The van der Waals surface area contributed by atoms with Gasteiger partial charge in [0.15, 0.2) is 0 Å². The minimum Gasteiger partial charge on any atom is -0.468 e. The number of benzene rings is 1. The predicted molar refractivity (Wildman–Crippen MR) is 109 cm³/mol. The molecule has 0 saturated carbocycles. The van der Waals surface area contributed by atoms with Crippen molar-refractivity contribution in [2.75, 3.05) is 40.4 Å². The summed E-state index contributed by atoms with van der Waals surface area (Å²) in [6.45, 7) is -0.407. The highest BCUT2D eigenvalue weighted by atomic mass is 32.2. The third kappa shape index (κ3) is 6.67. The summed E-state index contributed by atoms with van der Waals surface area (Å²) >= 11 is 0. The van der Waals surface area contributed by atoms with Crippen LogP contribution in [0.15, 0.2) is 35.7 Å². The van der Waals surface area contributed by atoms with Gasteiger partial charge in [0.05, 0.1) is 14.2 Å². The monoisotopic (exact) mass is 438 g/mol. The van der Waals surface area contributed by atoms with Crippen LogP contribution in [0.3, 0.4) is 0 Å². The Labute approximate surface area is 176 Å². The number of esters is 2. The van der Waals surface area contributed by atoms with Gasteiger partial charge in [-0.05, 0) is 24.5 Å². The second kappa shape index (κ2) is 10.9. The summed E-state index contributed by atoms with van der Waals surface area (Å²) in [4.78, 5) is 37.1. The number of hydrogen-bond donors (Lipinski definition) is 0. The predicted octanol–water partition coefficient (Wildman–Crippen LogP) is 0.874. The molecule has 0 unspecified atom stereocenters. The number of nitrogens with zero attached hydrogens (tertiary/aromatic N) is 2. The second-order valence-corrected chi connectivity index (χ2v) is 8.60. The van der Waals surface area contributed by atoms with Crippen molar-refractivity contribution in [3.05, 3.63) is 41.3 Å². The number of rotatable bonds is 8. The van der Waals surface area contributed by atoms with Crippen LogP contribution in [0.2, 0.25) is 0 Å². The van der Waals surface area contributed by atoms with E-state index in [9.17, 15) is 22.8 Å². The first-order valence-electron chi connectivity index (χ1n) is 9.42. The minimum atomic E-state index is -3.62. The molecule has 0 aromatic heterocycles. The Morgan fingerprint density at radius 2 is 1.57 bits per heavy atom. The van der Waals surface area contributed by atoms with E-state index in [4.69, 9.17) is 0 Å². The van der Waals surface area contributed by atoms with Crippen molar-refractivity contribution in [2.24, 2.45) is 5.92 Å². The van der Waals surface area contributed by atoms with E-state index in [0.717, 1.165) is 15.9 Å². The summed E-state index contributed by atoms with van der Waals surface area (Å²) in [5, 5.41) is 1.16. The number of carbonyl (C=O) groups is 3. The van der Waals surface area contributed by atoms with Crippen molar-refractivity contribution in [1.82, 2.24) is 9.21 Å². The molecule has 10 heteroatoms. The van der Waals surface area contributed by atoms with Gasteiger partial charge in [0.25, 0.3) is 0 Å². The number of ether oxygens (including phenoxy) is 2. The first kappa shape index (κ1) is 23.6. The Morgan fingerprint density at radius 1 is 1.03 bits per heavy atom. The first-order chi connectivity index (χ1) is 14.3. The van der Waals surface area contributed by atoms with E-state index in [1.165, 1.54) is 24.6 Å². The summed E-state index contributed by atoms with van der Waals surface area (Å²) in [6, 6.07) is 9.08. The van der Waals surface area contributed by atoms with Gasteiger partial charge in [0.2, 0.25) is 15.9 Å². The molecule has 164 valence electrons. The normalized spacial score (nSPS) is 15.7. The molecule has 1 aliphatic heterocycles. The molecule has 1 aromatic carbocycles. The molecular formula is C20H26N2O7S. The molecule has 1 amide bonds. The molecule has 0 atom stereocenters. The number of sulfonamides is 1. The first-order valence-corrected chi connectivity index (χ1v) is 10.9. The van der Waals surface area contributed by atoms with E-state index in [-0.39, 0.29) is 39.0 Å². The molecule has 30 heavy (non-hydrogen) atoms. The van der Waals surface area contributed by atoms with Gasteiger partial charge in [0, 0.05) is 24.4 Å². The lowest BCUT2D eigenvalue weighted by atomic mass is 9.96. The summed E-state index contributed by atoms with van der Waals surface area (Å²) in [7, 11) is -1.24. The lowest BCUT2D eigenvalue weighted by molar-refractivity contribution is -0.154. The van der Waals surface area contributed by atoms with Gasteiger partial charge >= 0.3 is 11.9 Å². The molecule has 1 aromatic rings. The van der Waals surface area contributed by atoms with Gasteiger partial charge in [0.1, 0.15) is 13.1 Å². The Balaban J connectivity index is 1.99. The Kier molecular flexibility index (Phi) is 8.55. The summed E-state index contributed by atoms with van der Waals surface area (Å²) in [6.07, 6.45) is 2.10. The third-order valence-electron chi connectivity index (χ3n) is 4.80. The zero-order chi connectivity index (χ0) is 22.1. The molecule has 0 N–H and O–H groups in total. The number of amides is 1. The molecule has 1 heterocycles. The molecule has 0 spiro atoms. The zero-order valence-corrected chi connectivity index (χ0v) is 17.8. The van der Waals surface area contributed by atoms with Gasteiger partial charge < -0.3 is 14.4 Å². The van der Waals surface area contributed by atoms with Crippen molar-refractivity contribution >= 4 is 33.9 Å². The maximum absolute atomic E-state index is 12.8. The van der Waals surface area contributed by atoms with Crippen LogP contribution < -0.4 is 0 Å². The Bertz CT molecular complexity index is 858. The Hall–Kier alpha value is -2.72. The molecule has 0 radical (unpaired) electrons. The molecule has 2 rings (SSSR count). The highest BCUT2D eigenvalue weighted by Crippen LogP contribution is 2.23. The maximum Gasteiger partial charge on any atom is 0.325 e. The standard InChI is InChI=1S/C20H26N2O7S/c1-28-18(23)14-21(15-19(24)29-2)20(25)17-8-11-22(12-9-17)30(26,27)13-10-16-6-4-3-5-7-16/h3-7,10,13,17H,8-9,11-12,14-15H2,1-2H3/b13-10+. The highest BCUT2D eigenvalue weighted by molar-refractivity contribution is 7.92. The van der Waals surface area contributed by atoms with Crippen LogP contribution in [0, 0.1) is 5.92 Å². The van der Waals surface area contributed by atoms with Crippen molar-refractivity contribution in [2.45, 2.75) is 12.8 Å². The number of piperidine rings is 1. The average molecular weight is 439 g/mol. The van der Waals surface area contributed by atoms with E-state index < -0.39 is 33.8 Å². The van der Waals surface area contributed by atoms with Crippen molar-refractivity contribution < 1.29 is 32.3 Å². The van der Waals surface area contributed by atoms with Crippen LogP contribution in [-0.2, 0) is 33.9 Å². The number of methoxy groups -OCH3 is 2. The third-order valence-corrected chi connectivity index (χ3v) is 6.37. The molecule has 0 aliphatic carbocycles. The average Bonchev–Trinajstić information content (AvgIpc) is 2.77. The summed E-state index contributed by atoms with van der Waals surface area (Å²) < 4.78 is 35.6. The van der Waals surface area contributed by atoms with Crippen LogP contribution in [0.1, 0.15) is 18.4 Å². The van der Waals surface area contributed by atoms with Gasteiger partial charge in [-0.3, -0.25) is 14.4 Å². The minimum absolute atomic E-state index is 0.169.